The van der Waals surface area contributed by atoms with Crippen LogP contribution in [0.5, 0.6) is 0 Å². The third-order valence-corrected chi connectivity index (χ3v) is 4.97. The summed E-state index contributed by atoms with van der Waals surface area (Å²) in [6.07, 6.45) is 3.42. The summed E-state index contributed by atoms with van der Waals surface area (Å²) in [5, 5.41) is 0. The molecule has 2 unspecified atom stereocenters. The molecule has 1 aliphatic heterocycles. The smallest absolute Gasteiger partial charge is 0.0509 e. The average molecular weight is 297 g/mol. The fraction of sp³-hybridized carbons (Fsp3) is 0.600. The van der Waals surface area contributed by atoms with Gasteiger partial charge in [-0.1, -0.05) is 48.0 Å². The van der Waals surface area contributed by atoms with E-state index >= 15 is 0 Å². The summed E-state index contributed by atoms with van der Waals surface area (Å²) in [7, 11) is 0. The van der Waals surface area contributed by atoms with Crippen LogP contribution in [0.4, 0.5) is 0 Å². The number of rotatable bonds is 4. The van der Waals surface area contributed by atoms with Crippen LogP contribution in [-0.4, -0.2) is 13.2 Å². The molecule has 0 saturated carbocycles. The van der Waals surface area contributed by atoms with Crippen LogP contribution in [-0.2, 0) is 17.6 Å². The highest BCUT2D eigenvalue weighted by Crippen LogP contribution is 2.36. The lowest BCUT2D eigenvalue weighted by Gasteiger charge is -2.18. The number of ether oxygens (including phenoxy) is 1. The third kappa shape index (κ3) is 2.92. The number of aryl methyl sites for hydroxylation is 2. The monoisotopic (exact) mass is 296 g/mol. The first-order valence-corrected chi connectivity index (χ1v) is 7.51. The Hall–Kier alpha value is -0.340. The van der Waals surface area contributed by atoms with Crippen molar-refractivity contribution in [2.45, 2.75) is 37.9 Å². The van der Waals surface area contributed by atoms with Crippen molar-refractivity contribution in [2.24, 2.45) is 5.92 Å². The molecule has 2 atom stereocenters. The number of hydrogen-bond donors (Lipinski definition) is 0. The zero-order valence-electron chi connectivity index (χ0n) is 10.7. The molecular formula is C15H21BrO. The summed E-state index contributed by atoms with van der Waals surface area (Å²) >= 11 is 3.84. The lowest BCUT2D eigenvalue weighted by atomic mass is 9.94. The highest BCUT2D eigenvalue weighted by Gasteiger charge is 2.25. The van der Waals surface area contributed by atoms with Gasteiger partial charge in [0.05, 0.1) is 6.61 Å². The Morgan fingerprint density at radius 1 is 1.29 bits per heavy atom. The van der Waals surface area contributed by atoms with E-state index in [1.165, 1.54) is 23.1 Å². The second kappa shape index (κ2) is 6.01. The molecule has 0 N–H and O–H groups in total. The maximum Gasteiger partial charge on any atom is 0.0509 e. The first-order valence-electron chi connectivity index (χ1n) is 6.59. The standard InChI is InChI=1S/C15H21BrO/c1-3-11-5-6-13(9-12(11)4-2)15(16)14-7-8-17-10-14/h5-6,9,14-15H,3-4,7-8,10H2,1-2H3. The van der Waals surface area contributed by atoms with Gasteiger partial charge in [-0.15, -0.1) is 0 Å². The number of hydrogen-bond acceptors (Lipinski definition) is 1. The van der Waals surface area contributed by atoms with Gasteiger partial charge in [0.2, 0.25) is 0 Å². The minimum atomic E-state index is 0.446. The molecule has 1 nitrogen and oxygen atoms in total. The van der Waals surface area contributed by atoms with E-state index in [2.05, 4.69) is 48.0 Å². The third-order valence-electron chi connectivity index (χ3n) is 3.69. The lowest BCUT2D eigenvalue weighted by Crippen LogP contribution is -2.08. The fourth-order valence-electron chi connectivity index (χ4n) is 2.55. The van der Waals surface area contributed by atoms with Gasteiger partial charge in [0.1, 0.15) is 0 Å². The number of alkyl halides is 1. The van der Waals surface area contributed by atoms with E-state index in [1.807, 2.05) is 0 Å². The van der Waals surface area contributed by atoms with Crippen molar-refractivity contribution >= 4 is 15.9 Å². The molecule has 0 bridgehead atoms. The summed E-state index contributed by atoms with van der Waals surface area (Å²) in [6.45, 7) is 6.28. The molecule has 1 aliphatic rings. The van der Waals surface area contributed by atoms with Crippen molar-refractivity contribution in [1.29, 1.82) is 0 Å². The van der Waals surface area contributed by atoms with Gasteiger partial charge in [-0.2, -0.15) is 0 Å². The van der Waals surface area contributed by atoms with Crippen LogP contribution in [0.1, 0.15) is 41.8 Å². The average Bonchev–Trinajstić information content (AvgIpc) is 2.90. The predicted octanol–water partition coefficient (Wildman–Crippen LogP) is 4.28. The van der Waals surface area contributed by atoms with E-state index in [0.717, 1.165) is 26.1 Å². The maximum atomic E-state index is 5.47. The van der Waals surface area contributed by atoms with Gasteiger partial charge >= 0.3 is 0 Å². The molecule has 1 saturated heterocycles. The highest BCUT2D eigenvalue weighted by atomic mass is 79.9. The Labute approximate surface area is 113 Å². The maximum absolute atomic E-state index is 5.47. The quantitative estimate of drug-likeness (QED) is 0.754. The summed E-state index contributed by atoms with van der Waals surface area (Å²) < 4.78 is 5.47. The molecule has 0 spiro atoms. The van der Waals surface area contributed by atoms with E-state index < -0.39 is 0 Å². The second-order valence-electron chi connectivity index (χ2n) is 4.76. The van der Waals surface area contributed by atoms with E-state index in [4.69, 9.17) is 4.74 Å². The number of halogens is 1. The zero-order chi connectivity index (χ0) is 12.3. The van der Waals surface area contributed by atoms with Crippen LogP contribution in [0.2, 0.25) is 0 Å². The minimum Gasteiger partial charge on any atom is -0.381 e. The van der Waals surface area contributed by atoms with Gasteiger partial charge in [-0.25, -0.2) is 0 Å². The Morgan fingerprint density at radius 2 is 2.06 bits per heavy atom. The second-order valence-corrected chi connectivity index (χ2v) is 5.75. The van der Waals surface area contributed by atoms with Crippen molar-refractivity contribution in [3.05, 3.63) is 34.9 Å². The van der Waals surface area contributed by atoms with E-state index in [-0.39, 0.29) is 0 Å². The SMILES string of the molecule is CCc1ccc(C(Br)C2CCOC2)cc1CC. The molecule has 1 aromatic carbocycles. The molecule has 0 radical (unpaired) electrons. The van der Waals surface area contributed by atoms with Crippen LogP contribution >= 0.6 is 15.9 Å². The van der Waals surface area contributed by atoms with E-state index in [1.54, 1.807) is 0 Å². The van der Waals surface area contributed by atoms with Crippen molar-refractivity contribution in [3.8, 4) is 0 Å². The van der Waals surface area contributed by atoms with Gasteiger partial charge in [0.15, 0.2) is 0 Å². The first-order chi connectivity index (χ1) is 8.26. The largest absolute Gasteiger partial charge is 0.381 e. The Bertz CT molecular complexity index is 369. The minimum absolute atomic E-state index is 0.446. The fourth-order valence-corrected chi connectivity index (χ4v) is 3.25. The Balaban J connectivity index is 2.20. The van der Waals surface area contributed by atoms with Crippen LogP contribution in [0.25, 0.3) is 0 Å². The molecule has 2 heteroatoms. The molecule has 0 aromatic heterocycles. The Kier molecular flexibility index (Phi) is 4.63. The van der Waals surface area contributed by atoms with E-state index in [9.17, 15) is 0 Å². The van der Waals surface area contributed by atoms with Crippen molar-refractivity contribution in [3.63, 3.8) is 0 Å². The molecule has 1 heterocycles. The van der Waals surface area contributed by atoms with Gasteiger partial charge < -0.3 is 4.74 Å². The molecule has 2 rings (SSSR count). The summed E-state index contributed by atoms with van der Waals surface area (Å²) in [4.78, 5) is 0.446. The van der Waals surface area contributed by atoms with Crippen LogP contribution in [0, 0.1) is 5.92 Å². The molecule has 1 aromatic rings. The van der Waals surface area contributed by atoms with Gasteiger partial charge in [-0.05, 0) is 36.0 Å². The highest BCUT2D eigenvalue weighted by molar-refractivity contribution is 9.09. The van der Waals surface area contributed by atoms with Crippen LogP contribution < -0.4 is 0 Å². The summed E-state index contributed by atoms with van der Waals surface area (Å²) in [5.74, 6) is 0.632. The molecule has 1 fully saturated rings. The predicted molar refractivity (Wildman–Crippen MR) is 75.8 cm³/mol. The van der Waals surface area contributed by atoms with Gasteiger partial charge in [-0.3, -0.25) is 0 Å². The normalized spacial score (nSPS) is 21.7. The Morgan fingerprint density at radius 3 is 2.65 bits per heavy atom. The van der Waals surface area contributed by atoms with Crippen molar-refractivity contribution < 1.29 is 4.74 Å². The molecule has 0 aliphatic carbocycles. The van der Waals surface area contributed by atoms with Crippen molar-refractivity contribution in [2.75, 3.05) is 13.2 Å². The van der Waals surface area contributed by atoms with Crippen molar-refractivity contribution in [1.82, 2.24) is 0 Å². The number of benzene rings is 1. The van der Waals surface area contributed by atoms with Gasteiger partial charge in [0, 0.05) is 17.4 Å². The van der Waals surface area contributed by atoms with Crippen LogP contribution in [0.15, 0.2) is 18.2 Å². The molecule has 94 valence electrons. The summed E-state index contributed by atoms with van der Waals surface area (Å²) in [5.41, 5.74) is 4.39. The van der Waals surface area contributed by atoms with E-state index in [0.29, 0.717) is 10.7 Å². The lowest BCUT2D eigenvalue weighted by molar-refractivity contribution is 0.185. The first kappa shape index (κ1) is 13.1. The molecular weight excluding hydrogens is 276 g/mol. The summed E-state index contributed by atoms with van der Waals surface area (Å²) in [6, 6.07) is 6.94. The zero-order valence-corrected chi connectivity index (χ0v) is 12.3. The topological polar surface area (TPSA) is 9.23 Å². The molecule has 17 heavy (non-hydrogen) atoms. The van der Waals surface area contributed by atoms with Gasteiger partial charge in [0.25, 0.3) is 0 Å². The molecule has 0 amide bonds. The van der Waals surface area contributed by atoms with Crippen LogP contribution in [0.3, 0.4) is 0 Å².